The van der Waals surface area contributed by atoms with Crippen LogP contribution < -0.4 is 5.48 Å². The van der Waals surface area contributed by atoms with E-state index < -0.39 is 62.5 Å². The highest BCUT2D eigenvalue weighted by molar-refractivity contribution is 7.89. The molecule has 0 unspecified atom stereocenters. The molecule has 2 N–H and O–H groups in total. The zero-order chi connectivity index (χ0) is 21.2. The van der Waals surface area contributed by atoms with Gasteiger partial charge in [0.05, 0.1) is 0 Å². The Kier molecular flexibility index (Phi) is 6.37. The van der Waals surface area contributed by atoms with Crippen LogP contribution in [0.2, 0.25) is 0 Å². The molecule has 6 nitrogen and oxygen atoms in total. The highest BCUT2D eigenvalue weighted by Gasteiger charge is 2.40. The van der Waals surface area contributed by atoms with Crippen molar-refractivity contribution in [1.82, 2.24) is 9.79 Å². The van der Waals surface area contributed by atoms with E-state index in [0.29, 0.717) is 0 Å². The van der Waals surface area contributed by atoms with Crippen molar-refractivity contribution in [3.05, 3.63) is 65.0 Å². The van der Waals surface area contributed by atoms with Crippen molar-refractivity contribution in [2.45, 2.75) is 24.4 Å². The lowest BCUT2D eigenvalue weighted by molar-refractivity contribution is -0.132. The number of amides is 1. The number of halogens is 5. The normalized spacial score (nSPS) is 12.9. The Morgan fingerprint density at radius 1 is 1.00 bits per heavy atom. The molecule has 0 heterocycles. The maximum absolute atomic E-state index is 14.1. The molecule has 0 bridgehead atoms. The first-order valence-electron chi connectivity index (χ1n) is 7.55. The van der Waals surface area contributed by atoms with Gasteiger partial charge in [0.1, 0.15) is 6.04 Å². The summed E-state index contributed by atoms with van der Waals surface area (Å²) < 4.78 is 94.1. The summed E-state index contributed by atoms with van der Waals surface area (Å²) in [5.41, 5.74) is 1.42. The van der Waals surface area contributed by atoms with E-state index in [2.05, 4.69) is 0 Å². The zero-order valence-electron chi connectivity index (χ0n) is 14.1. The van der Waals surface area contributed by atoms with Crippen LogP contribution in [0.1, 0.15) is 12.5 Å². The topological polar surface area (TPSA) is 86.7 Å². The van der Waals surface area contributed by atoms with E-state index in [4.69, 9.17) is 5.21 Å². The number of hydrogen-bond acceptors (Lipinski definition) is 4. The van der Waals surface area contributed by atoms with Crippen LogP contribution in [0.4, 0.5) is 22.0 Å². The minimum Gasteiger partial charge on any atom is -0.289 e. The number of sulfonamides is 1. The first-order valence-corrected chi connectivity index (χ1v) is 8.99. The molecular formula is C16H13F5N2O4S. The number of benzene rings is 2. The largest absolute Gasteiger partial charge is 0.289 e. The molecule has 1 atom stereocenters. The Bertz CT molecular complexity index is 973. The van der Waals surface area contributed by atoms with Gasteiger partial charge in [-0.15, -0.1) is 0 Å². The Balaban J connectivity index is 2.70. The summed E-state index contributed by atoms with van der Waals surface area (Å²) in [7, 11) is -5.41. The molecule has 0 radical (unpaired) electrons. The third-order valence-corrected chi connectivity index (χ3v) is 5.78. The predicted molar refractivity (Wildman–Crippen MR) is 84.8 cm³/mol. The van der Waals surface area contributed by atoms with Gasteiger partial charge < -0.3 is 0 Å². The Labute approximate surface area is 156 Å². The molecule has 2 aromatic carbocycles. The van der Waals surface area contributed by atoms with E-state index in [0.717, 1.165) is 6.92 Å². The van der Waals surface area contributed by atoms with Crippen molar-refractivity contribution >= 4 is 15.9 Å². The summed E-state index contributed by atoms with van der Waals surface area (Å²) in [6, 6.07) is 5.63. The number of hydroxylamine groups is 1. The van der Waals surface area contributed by atoms with Crippen LogP contribution in [0, 0.1) is 29.1 Å². The minimum absolute atomic E-state index is 0.201. The maximum atomic E-state index is 14.1. The highest BCUT2D eigenvalue weighted by atomic mass is 32.2. The minimum atomic E-state index is -5.41. The fraction of sp³-hybridized carbons (Fsp3) is 0.188. The molecule has 0 aliphatic carbocycles. The first-order chi connectivity index (χ1) is 13.0. The van der Waals surface area contributed by atoms with E-state index in [1.54, 1.807) is 6.07 Å². The summed E-state index contributed by atoms with van der Waals surface area (Å²) in [6.07, 6.45) is 0. The van der Waals surface area contributed by atoms with Crippen molar-refractivity contribution in [3.63, 3.8) is 0 Å². The van der Waals surface area contributed by atoms with Crippen LogP contribution in [-0.2, 0) is 21.4 Å². The third kappa shape index (κ3) is 3.84. The smallest absolute Gasteiger partial charge is 0.261 e. The summed E-state index contributed by atoms with van der Waals surface area (Å²) in [5, 5.41) is 8.75. The molecular weight excluding hydrogens is 411 g/mol. The van der Waals surface area contributed by atoms with Gasteiger partial charge in [0.15, 0.2) is 28.2 Å². The second-order valence-electron chi connectivity index (χ2n) is 5.59. The molecule has 1 amide bonds. The summed E-state index contributed by atoms with van der Waals surface area (Å²) >= 11 is 0. The van der Waals surface area contributed by atoms with E-state index in [1.165, 1.54) is 29.7 Å². The lowest BCUT2D eigenvalue weighted by Crippen LogP contribution is -2.47. The van der Waals surface area contributed by atoms with E-state index in [-0.39, 0.29) is 9.87 Å². The standard InChI is InChI=1S/C16H13F5N2O4S/c1-8(16(24)22-25)23(7-9-5-3-2-4-6-9)28(26,27)15-13(20)11(18)10(17)12(19)14(15)21/h2-6,8,25H,7H2,1H3,(H,22,24)/t8-/m0/s1. The quantitative estimate of drug-likeness (QED) is 0.245. The van der Waals surface area contributed by atoms with Crippen LogP contribution >= 0.6 is 0 Å². The number of nitrogens with one attached hydrogen (secondary N) is 1. The molecule has 0 fully saturated rings. The summed E-state index contributed by atoms with van der Waals surface area (Å²) in [6.45, 7) is 0.301. The van der Waals surface area contributed by atoms with Crippen molar-refractivity contribution in [3.8, 4) is 0 Å². The third-order valence-electron chi connectivity index (χ3n) is 3.84. The van der Waals surface area contributed by atoms with Crippen LogP contribution in [0.15, 0.2) is 35.2 Å². The van der Waals surface area contributed by atoms with E-state index in [9.17, 15) is 35.2 Å². The second kappa shape index (κ2) is 8.20. The van der Waals surface area contributed by atoms with Gasteiger partial charge in [-0.3, -0.25) is 10.0 Å². The molecule has 152 valence electrons. The van der Waals surface area contributed by atoms with Gasteiger partial charge in [-0.2, -0.15) is 4.31 Å². The number of carbonyl (C=O) groups is 1. The van der Waals surface area contributed by atoms with Gasteiger partial charge >= 0.3 is 0 Å². The van der Waals surface area contributed by atoms with Crippen LogP contribution in [0.25, 0.3) is 0 Å². The van der Waals surface area contributed by atoms with Crippen molar-refractivity contribution in [2.75, 3.05) is 0 Å². The molecule has 0 saturated carbocycles. The first kappa shape index (κ1) is 21.7. The lowest BCUT2D eigenvalue weighted by Gasteiger charge is -2.27. The monoisotopic (exact) mass is 424 g/mol. The Hall–Kier alpha value is -2.57. The number of hydrogen-bond donors (Lipinski definition) is 2. The molecule has 28 heavy (non-hydrogen) atoms. The predicted octanol–water partition coefficient (Wildman–Crippen LogP) is 2.47. The average molecular weight is 424 g/mol. The van der Waals surface area contributed by atoms with Crippen molar-refractivity contribution < 1.29 is 40.4 Å². The summed E-state index contributed by atoms with van der Waals surface area (Å²) in [4.78, 5) is 9.62. The summed E-state index contributed by atoms with van der Waals surface area (Å²) in [5.74, 6) is -13.8. The fourth-order valence-corrected chi connectivity index (χ4v) is 4.04. The van der Waals surface area contributed by atoms with Crippen LogP contribution in [0.3, 0.4) is 0 Å². The fourth-order valence-electron chi connectivity index (χ4n) is 2.35. The molecule has 2 rings (SSSR count). The van der Waals surface area contributed by atoms with Crippen LogP contribution in [0.5, 0.6) is 0 Å². The molecule has 12 heteroatoms. The van der Waals surface area contributed by atoms with Crippen molar-refractivity contribution in [2.24, 2.45) is 0 Å². The number of nitrogens with zero attached hydrogens (tertiary/aromatic N) is 1. The lowest BCUT2D eigenvalue weighted by atomic mass is 10.2. The highest BCUT2D eigenvalue weighted by Crippen LogP contribution is 2.30. The Morgan fingerprint density at radius 3 is 1.93 bits per heavy atom. The van der Waals surface area contributed by atoms with Gasteiger partial charge in [-0.25, -0.2) is 35.8 Å². The number of rotatable bonds is 6. The Morgan fingerprint density at radius 2 is 1.46 bits per heavy atom. The van der Waals surface area contributed by atoms with Gasteiger partial charge in [-0.1, -0.05) is 30.3 Å². The zero-order valence-corrected chi connectivity index (χ0v) is 14.9. The van der Waals surface area contributed by atoms with Gasteiger partial charge in [0.25, 0.3) is 5.91 Å². The molecule has 2 aromatic rings. The average Bonchev–Trinajstić information content (AvgIpc) is 2.68. The maximum Gasteiger partial charge on any atom is 0.261 e. The van der Waals surface area contributed by atoms with Gasteiger partial charge in [0, 0.05) is 6.54 Å². The molecule has 0 aliphatic heterocycles. The van der Waals surface area contributed by atoms with Gasteiger partial charge in [0.2, 0.25) is 15.8 Å². The number of carbonyl (C=O) groups excluding carboxylic acids is 1. The SMILES string of the molecule is C[C@@H](C(=O)NO)N(Cc1ccccc1)S(=O)(=O)c1c(F)c(F)c(F)c(F)c1F. The van der Waals surface area contributed by atoms with Gasteiger partial charge in [-0.05, 0) is 12.5 Å². The molecule has 0 aromatic heterocycles. The van der Waals surface area contributed by atoms with Crippen molar-refractivity contribution in [1.29, 1.82) is 0 Å². The molecule has 0 spiro atoms. The van der Waals surface area contributed by atoms with Crippen LogP contribution in [-0.4, -0.2) is 29.9 Å². The second-order valence-corrected chi connectivity index (χ2v) is 7.41. The van der Waals surface area contributed by atoms with E-state index >= 15 is 0 Å². The molecule has 0 aliphatic rings. The van der Waals surface area contributed by atoms with E-state index in [1.807, 2.05) is 0 Å². The molecule has 0 saturated heterocycles.